The number of aromatic carboxylic acids is 1. The molecule has 1 fully saturated rings. The second-order valence-corrected chi connectivity index (χ2v) is 3.70. The molecule has 1 aromatic heterocycles. The number of rotatable bonds is 3. The van der Waals surface area contributed by atoms with Gasteiger partial charge in [0.25, 0.3) is 0 Å². The number of aromatic nitrogens is 1. The molecule has 1 N–H and O–H groups in total. The maximum Gasteiger partial charge on any atom is 0.354 e. The number of carbonyl (C=O) groups is 1. The van der Waals surface area contributed by atoms with Gasteiger partial charge in [0.1, 0.15) is 0 Å². The zero-order valence-corrected chi connectivity index (χ0v) is 8.93. The van der Waals surface area contributed by atoms with Crippen molar-refractivity contribution in [1.29, 1.82) is 0 Å². The third kappa shape index (κ3) is 2.56. The Morgan fingerprint density at radius 3 is 2.94 bits per heavy atom. The lowest BCUT2D eigenvalue weighted by molar-refractivity contribution is 0.0338. The molecular formula is C11H14N2O3. The zero-order chi connectivity index (χ0) is 11.4. The van der Waals surface area contributed by atoms with Crippen LogP contribution in [-0.2, 0) is 11.3 Å². The summed E-state index contributed by atoms with van der Waals surface area (Å²) in [6, 6.07) is 3.58. The Kier molecular flexibility index (Phi) is 3.48. The zero-order valence-electron chi connectivity index (χ0n) is 8.93. The van der Waals surface area contributed by atoms with Gasteiger partial charge in [0, 0.05) is 25.8 Å². The summed E-state index contributed by atoms with van der Waals surface area (Å²) < 4.78 is 5.24. The largest absolute Gasteiger partial charge is 0.477 e. The molecule has 2 heterocycles. The molecule has 0 saturated carbocycles. The van der Waals surface area contributed by atoms with Crippen LogP contribution in [0.15, 0.2) is 18.3 Å². The molecule has 0 radical (unpaired) electrons. The number of nitrogens with zero attached hydrogens (tertiary/aromatic N) is 2. The quantitative estimate of drug-likeness (QED) is 0.812. The highest BCUT2D eigenvalue weighted by molar-refractivity contribution is 5.86. The van der Waals surface area contributed by atoms with E-state index in [9.17, 15) is 4.79 Å². The number of hydrogen-bond donors (Lipinski definition) is 1. The first kappa shape index (κ1) is 11.0. The molecule has 0 amide bonds. The van der Waals surface area contributed by atoms with Crippen LogP contribution in [0.1, 0.15) is 16.1 Å². The van der Waals surface area contributed by atoms with E-state index in [2.05, 4.69) is 9.88 Å². The van der Waals surface area contributed by atoms with Crippen LogP contribution in [-0.4, -0.2) is 47.3 Å². The number of morpholine rings is 1. The Hall–Kier alpha value is -1.46. The Morgan fingerprint density at radius 2 is 2.25 bits per heavy atom. The van der Waals surface area contributed by atoms with Crippen molar-refractivity contribution in [3.05, 3.63) is 29.6 Å². The lowest BCUT2D eigenvalue weighted by Crippen LogP contribution is -2.36. The third-order valence-corrected chi connectivity index (χ3v) is 2.59. The van der Waals surface area contributed by atoms with E-state index in [1.54, 1.807) is 6.07 Å². The van der Waals surface area contributed by atoms with Crippen molar-refractivity contribution in [1.82, 2.24) is 9.88 Å². The topological polar surface area (TPSA) is 62.7 Å². The van der Waals surface area contributed by atoms with Crippen LogP contribution in [0.3, 0.4) is 0 Å². The van der Waals surface area contributed by atoms with Crippen LogP contribution in [0.4, 0.5) is 0 Å². The molecule has 0 unspecified atom stereocenters. The summed E-state index contributed by atoms with van der Waals surface area (Å²) in [5, 5.41) is 8.99. The predicted octanol–water partition coefficient (Wildman–Crippen LogP) is 0.612. The molecule has 5 heteroatoms. The van der Waals surface area contributed by atoms with E-state index >= 15 is 0 Å². The maximum absolute atomic E-state index is 11.0. The average molecular weight is 222 g/mol. The molecule has 1 aliphatic rings. The summed E-state index contributed by atoms with van der Waals surface area (Å²) in [5.41, 5.74) is 0.908. The first-order chi connectivity index (χ1) is 7.77. The molecule has 0 atom stereocenters. The molecule has 1 aliphatic heterocycles. The Balaban J connectivity index is 2.10. The number of carboxylic acid groups (broad SMARTS) is 1. The van der Waals surface area contributed by atoms with E-state index < -0.39 is 5.97 Å². The van der Waals surface area contributed by atoms with Crippen molar-refractivity contribution in [3.8, 4) is 0 Å². The predicted molar refractivity (Wildman–Crippen MR) is 57.3 cm³/mol. The van der Waals surface area contributed by atoms with Gasteiger partial charge in [0.05, 0.1) is 13.2 Å². The van der Waals surface area contributed by atoms with Gasteiger partial charge in [0.2, 0.25) is 0 Å². The first-order valence-corrected chi connectivity index (χ1v) is 5.24. The summed E-state index contributed by atoms with van der Waals surface area (Å²) >= 11 is 0. The second-order valence-electron chi connectivity index (χ2n) is 3.70. The van der Waals surface area contributed by atoms with E-state index in [1.165, 1.54) is 6.20 Å². The lowest BCUT2D eigenvalue weighted by atomic mass is 10.1. The van der Waals surface area contributed by atoms with Crippen molar-refractivity contribution in [3.63, 3.8) is 0 Å². The molecule has 0 aromatic carbocycles. The first-order valence-electron chi connectivity index (χ1n) is 5.24. The number of pyridine rings is 1. The Bertz CT molecular complexity index is 375. The van der Waals surface area contributed by atoms with Crippen LogP contribution >= 0.6 is 0 Å². The van der Waals surface area contributed by atoms with Crippen LogP contribution in [0.5, 0.6) is 0 Å². The van der Waals surface area contributed by atoms with Crippen molar-refractivity contribution in [2.45, 2.75) is 6.54 Å². The molecule has 0 bridgehead atoms. The minimum Gasteiger partial charge on any atom is -0.477 e. The van der Waals surface area contributed by atoms with Crippen LogP contribution in [0.2, 0.25) is 0 Å². The Labute approximate surface area is 93.7 Å². The summed E-state index contributed by atoms with van der Waals surface area (Å²) in [5.74, 6) is -0.969. The smallest absolute Gasteiger partial charge is 0.354 e. The summed E-state index contributed by atoms with van der Waals surface area (Å²) in [7, 11) is 0. The number of ether oxygens (including phenoxy) is 1. The van der Waals surface area contributed by atoms with Gasteiger partial charge in [-0.25, -0.2) is 9.78 Å². The molecule has 86 valence electrons. The van der Waals surface area contributed by atoms with Gasteiger partial charge in [-0.05, 0) is 11.6 Å². The van der Waals surface area contributed by atoms with Gasteiger partial charge >= 0.3 is 5.97 Å². The molecule has 0 spiro atoms. The molecule has 1 saturated heterocycles. The fourth-order valence-corrected chi connectivity index (χ4v) is 1.76. The molecule has 0 aliphatic carbocycles. The SMILES string of the molecule is O=C(O)c1ncccc1CN1CCOCC1. The number of hydrogen-bond acceptors (Lipinski definition) is 4. The molecule has 2 rings (SSSR count). The normalized spacial score (nSPS) is 17.2. The summed E-state index contributed by atoms with van der Waals surface area (Å²) in [6.07, 6.45) is 1.51. The highest BCUT2D eigenvalue weighted by atomic mass is 16.5. The monoisotopic (exact) mass is 222 g/mol. The molecular weight excluding hydrogens is 208 g/mol. The highest BCUT2D eigenvalue weighted by Gasteiger charge is 2.16. The molecule has 16 heavy (non-hydrogen) atoms. The van der Waals surface area contributed by atoms with Crippen molar-refractivity contribution in [2.75, 3.05) is 26.3 Å². The summed E-state index contributed by atoms with van der Waals surface area (Å²) in [4.78, 5) is 17.0. The van der Waals surface area contributed by atoms with Crippen molar-refractivity contribution < 1.29 is 14.6 Å². The van der Waals surface area contributed by atoms with E-state index in [1.807, 2.05) is 6.07 Å². The van der Waals surface area contributed by atoms with Crippen molar-refractivity contribution in [2.24, 2.45) is 0 Å². The van der Waals surface area contributed by atoms with Crippen LogP contribution in [0.25, 0.3) is 0 Å². The fraction of sp³-hybridized carbons (Fsp3) is 0.455. The highest BCUT2D eigenvalue weighted by Crippen LogP contribution is 2.10. The van der Waals surface area contributed by atoms with Crippen molar-refractivity contribution >= 4 is 5.97 Å². The van der Waals surface area contributed by atoms with Gasteiger partial charge in [-0.2, -0.15) is 0 Å². The van der Waals surface area contributed by atoms with Gasteiger partial charge < -0.3 is 9.84 Å². The minimum atomic E-state index is -0.969. The van der Waals surface area contributed by atoms with Crippen LogP contribution in [0, 0.1) is 0 Å². The van der Waals surface area contributed by atoms with E-state index in [0.29, 0.717) is 19.8 Å². The van der Waals surface area contributed by atoms with E-state index in [0.717, 1.165) is 18.7 Å². The van der Waals surface area contributed by atoms with E-state index in [4.69, 9.17) is 9.84 Å². The van der Waals surface area contributed by atoms with Crippen LogP contribution < -0.4 is 0 Å². The standard InChI is InChI=1S/C11H14N2O3/c14-11(15)10-9(2-1-3-12-10)8-13-4-6-16-7-5-13/h1-3H,4-8H2,(H,14,15). The summed E-state index contributed by atoms with van der Waals surface area (Å²) in [6.45, 7) is 3.73. The van der Waals surface area contributed by atoms with Gasteiger partial charge in [0.15, 0.2) is 5.69 Å². The second kappa shape index (κ2) is 5.05. The maximum atomic E-state index is 11.0. The number of carboxylic acids is 1. The lowest BCUT2D eigenvalue weighted by Gasteiger charge is -2.26. The minimum absolute atomic E-state index is 0.147. The van der Waals surface area contributed by atoms with Gasteiger partial charge in [-0.3, -0.25) is 4.90 Å². The Morgan fingerprint density at radius 1 is 1.50 bits per heavy atom. The third-order valence-electron chi connectivity index (χ3n) is 2.59. The molecule has 5 nitrogen and oxygen atoms in total. The average Bonchev–Trinajstić information content (AvgIpc) is 2.31. The van der Waals surface area contributed by atoms with Gasteiger partial charge in [-0.1, -0.05) is 6.07 Å². The molecule has 1 aromatic rings. The van der Waals surface area contributed by atoms with E-state index in [-0.39, 0.29) is 5.69 Å². The fourth-order valence-electron chi connectivity index (χ4n) is 1.76. The van der Waals surface area contributed by atoms with Gasteiger partial charge in [-0.15, -0.1) is 0 Å².